The third-order valence-corrected chi connectivity index (χ3v) is 3.78. The molecule has 1 aromatic carbocycles. The Labute approximate surface area is 118 Å². The number of carbonyl (C=O) groups is 1. The highest BCUT2D eigenvalue weighted by Gasteiger charge is 2.29. The average molecular weight is 270 g/mol. The molecule has 1 unspecified atom stereocenters. The molecule has 3 rings (SSSR count). The van der Waals surface area contributed by atoms with E-state index in [4.69, 9.17) is 0 Å². The van der Waals surface area contributed by atoms with Crippen LogP contribution in [-0.2, 0) is 4.79 Å². The molecule has 1 fully saturated rings. The molecule has 4 nitrogen and oxygen atoms in total. The van der Waals surface area contributed by atoms with Crippen molar-refractivity contribution in [3.63, 3.8) is 0 Å². The first-order valence-electron chi connectivity index (χ1n) is 6.80. The van der Waals surface area contributed by atoms with Gasteiger partial charge in [0.25, 0.3) is 0 Å². The zero-order valence-corrected chi connectivity index (χ0v) is 11.7. The maximum Gasteiger partial charge on any atom is 0.229 e. The van der Waals surface area contributed by atoms with Gasteiger partial charge in [-0.25, -0.2) is 0 Å². The molecule has 1 aromatic heterocycles. The van der Waals surface area contributed by atoms with Crippen LogP contribution in [0.1, 0.15) is 17.8 Å². The molecule has 1 N–H and O–H groups in total. The summed E-state index contributed by atoms with van der Waals surface area (Å²) in [6, 6.07) is 12.0. The smallest absolute Gasteiger partial charge is 0.229 e. The van der Waals surface area contributed by atoms with Crippen molar-refractivity contribution in [2.24, 2.45) is 0 Å². The highest BCUT2D eigenvalue weighted by molar-refractivity contribution is 5.96. The average Bonchev–Trinajstić information content (AvgIpc) is 2.92. The summed E-state index contributed by atoms with van der Waals surface area (Å²) in [5.74, 6) is -0.0180. The van der Waals surface area contributed by atoms with Crippen LogP contribution in [0.25, 0.3) is 5.69 Å². The van der Waals surface area contributed by atoms with Crippen LogP contribution in [0, 0.1) is 13.8 Å². The van der Waals surface area contributed by atoms with Gasteiger partial charge < -0.3 is 14.6 Å². The molecule has 0 radical (unpaired) electrons. The number of β-amino-alcohol motifs (C(OH)–C–C–N with tert-alkyl or cyclic N) is 1. The Kier molecular flexibility index (Phi) is 3.10. The third-order valence-electron chi connectivity index (χ3n) is 3.78. The molecule has 2 aromatic rings. The van der Waals surface area contributed by atoms with Gasteiger partial charge in [0.15, 0.2) is 0 Å². The van der Waals surface area contributed by atoms with Gasteiger partial charge in [-0.3, -0.25) is 4.79 Å². The second-order valence-electron chi connectivity index (χ2n) is 5.33. The summed E-state index contributed by atoms with van der Waals surface area (Å²) in [6.45, 7) is 4.50. The Morgan fingerprint density at radius 2 is 1.75 bits per heavy atom. The van der Waals surface area contributed by atoms with Gasteiger partial charge in [0.1, 0.15) is 0 Å². The number of carbonyl (C=O) groups excluding carboxylic acids is 1. The second kappa shape index (κ2) is 4.80. The van der Waals surface area contributed by atoms with Gasteiger partial charge in [-0.15, -0.1) is 0 Å². The number of hydrogen-bond donors (Lipinski definition) is 1. The van der Waals surface area contributed by atoms with Gasteiger partial charge in [-0.1, -0.05) is 6.07 Å². The van der Waals surface area contributed by atoms with Gasteiger partial charge in [-0.05, 0) is 44.2 Å². The Hall–Kier alpha value is -2.07. The molecule has 1 aliphatic heterocycles. The molecule has 0 aliphatic carbocycles. The summed E-state index contributed by atoms with van der Waals surface area (Å²) >= 11 is 0. The van der Waals surface area contributed by atoms with E-state index in [1.807, 2.05) is 24.3 Å². The summed E-state index contributed by atoms with van der Waals surface area (Å²) < 4.78 is 2.15. The third kappa shape index (κ3) is 2.12. The van der Waals surface area contributed by atoms with Gasteiger partial charge in [0, 0.05) is 22.8 Å². The lowest BCUT2D eigenvalue weighted by Gasteiger charge is -2.18. The molecule has 0 spiro atoms. The van der Waals surface area contributed by atoms with Crippen molar-refractivity contribution in [1.82, 2.24) is 4.57 Å². The fraction of sp³-hybridized carbons (Fsp3) is 0.312. The van der Waals surface area contributed by atoms with Crippen LogP contribution < -0.4 is 4.90 Å². The van der Waals surface area contributed by atoms with Crippen molar-refractivity contribution < 1.29 is 9.90 Å². The molecule has 104 valence electrons. The molecule has 1 saturated heterocycles. The fourth-order valence-corrected chi connectivity index (χ4v) is 2.81. The number of anilines is 1. The van der Waals surface area contributed by atoms with E-state index in [0.717, 1.165) is 22.8 Å². The van der Waals surface area contributed by atoms with E-state index in [2.05, 4.69) is 30.5 Å². The molecule has 0 saturated carbocycles. The monoisotopic (exact) mass is 270 g/mol. The number of aromatic nitrogens is 1. The van der Waals surface area contributed by atoms with Crippen LogP contribution >= 0.6 is 0 Å². The highest BCUT2D eigenvalue weighted by atomic mass is 16.3. The van der Waals surface area contributed by atoms with Crippen LogP contribution in [0.4, 0.5) is 5.69 Å². The topological polar surface area (TPSA) is 45.5 Å². The van der Waals surface area contributed by atoms with Crippen molar-refractivity contribution in [2.75, 3.05) is 11.4 Å². The maximum absolute atomic E-state index is 11.9. The van der Waals surface area contributed by atoms with Crippen molar-refractivity contribution in [3.8, 4) is 5.69 Å². The molecule has 0 bridgehead atoms. The van der Waals surface area contributed by atoms with Crippen LogP contribution in [0.15, 0.2) is 36.4 Å². The van der Waals surface area contributed by atoms with Crippen LogP contribution in [-0.4, -0.2) is 28.2 Å². The number of nitrogens with zero attached hydrogens (tertiary/aromatic N) is 2. The molecule has 1 amide bonds. The summed E-state index contributed by atoms with van der Waals surface area (Å²) in [7, 11) is 0. The van der Waals surface area contributed by atoms with E-state index < -0.39 is 6.10 Å². The minimum Gasteiger partial charge on any atom is -0.391 e. The first-order valence-corrected chi connectivity index (χ1v) is 6.80. The lowest BCUT2D eigenvalue weighted by molar-refractivity contribution is -0.117. The van der Waals surface area contributed by atoms with Crippen LogP contribution in [0.5, 0.6) is 0 Å². The maximum atomic E-state index is 11.9. The molecule has 1 aliphatic rings. The predicted octanol–water partition coefficient (Wildman–Crippen LogP) is 2.19. The standard InChI is InChI=1S/C16H18N2O2/c1-11-6-7-12(2)18(11)14-5-3-4-13(8-14)17-10-15(19)9-16(17)20/h3-8,15,19H,9-10H2,1-2H3. The van der Waals surface area contributed by atoms with Gasteiger partial charge >= 0.3 is 0 Å². The van der Waals surface area contributed by atoms with E-state index in [1.165, 1.54) is 0 Å². The predicted molar refractivity (Wildman–Crippen MR) is 78.2 cm³/mol. The summed E-state index contributed by atoms with van der Waals surface area (Å²) in [5.41, 5.74) is 4.20. The van der Waals surface area contributed by atoms with Crippen molar-refractivity contribution >= 4 is 11.6 Å². The Morgan fingerprint density at radius 3 is 2.35 bits per heavy atom. The normalized spacial score (nSPS) is 18.9. The number of benzene rings is 1. The highest BCUT2D eigenvalue weighted by Crippen LogP contribution is 2.25. The Bertz CT molecular complexity index is 641. The van der Waals surface area contributed by atoms with E-state index in [-0.39, 0.29) is 12.3 Å². The van der Waals surface area contributed by atoms with Gasteiger partial charge in [0.2, 0.25) is 5.91 Å². The van der Waals surface area contributed by atoms with Crippen LogP contribution in [0.2, 0.25) is 0 Å². The zero-order chi connectivity index (χ0) is 14.3. The van der Waals surface area contributed by atoms with Crippen molar-refractivity contribution in [2.45, 2.75) is 26.4 Å². The lowest BCUT2D eigenvalue weighted by atomic mass is 10.2. The minimum absolute atomic E-state index is 0.0180. The molecule has 2 heterocycles. The first-order chi connectivity index (χ1) is 9.56. The largest absolute Gasteiger partial charge is 0.391 e. The van der Waals surface area contributed by atoms with E-state index >= 15 is 0 Å². The van der Waals surface area contributed by atoms with E-state index in [0.29, 0.717) is 6.54 Å². The Morgan fingerprint density at radius 1 is 1.10 bits per heavy atom. The van der Waals surface area contributed by atoms with Crippen LogP contribution in [0.3, 0.4) is 0 Å². The second-order valence-corrected chi connectivity index (χ2v) is 5.33. The van der Waals surface area contributed by atoms with Gasteiger partial charge in [-0.2, -0.15) is 0 Å². The molecular weight excluding hydrogens is 252 g/mol. The Balaban J connectivity index is 2.00. The van der Waals surface area contributed by atoms with Crippen molar-refractivity contribution in [1.29, 1.82) is 0 Å². The van der Waals surface area contributed by atoms with E-state index in [1.54, 1.807) is 4.90 Å². The number of rotatable bonds is 2. The number of amides is 1. The quantitative estimate of drug-likeness (QED) is 0.909. The summed E-state index contributed by atoms with van der Waals surface area (Å²) in [6.07, 6.45) is -0.340. The first kappa shape index (κ1) is 12.9. The number of aliphatic hydroxyl groups is 1. The number of hydrogen-bond acceptors (Lipinski definition) is 2. The zero-order valence-electron chi connectivity index (χ0n) is 11.7. The molecule has 1 atom stereocenters. The SMILES string of the molecule is Cc1ccc(C)n1-c1cccc(N2CC(O)CC2=O)c1. The number of aliphatic hydroxyl groups excluding tert-OH is 1. The molecular formula is C16H18N2O2. The van der Waals surface area contributed by atoms with Crippen molar-refractivity contribution in [3.05, 3.63) is 47.8 Å². The number of aryl methyl sites for hydroxylation is 2. The summed E-state index contributed by atoms with van der Waals surface area (Å²) in [4.78, 5) is 13.5. The summed E-state index contributed by atoms with van der Waals surface area (Å²) in [5, 5.41) is 9.61. The van der Waals surface area contributed by atoms with E-state index in [9.17, 15) is 9.90 Å². The minimum atomic E-state index is -0.554. The molecule has 20 heavy (non-hydrogen) atoms. The fourth-order valence-electron chi connectivity index (χ4n) is 2.81. The van der Waals surface area contributed by atoms with Gasteiger partial charge in [0.05, 0.1) is 19.1 Å². The lowest BCUT2D eigenvalue weighted by Crippen LogP contribution is -2.25. The molecule has 4 heteroatoms.